The second-order valence-corrected chi connectivity index (χ2v) is 13.7. The fourth-order valence-electron chi connectivity index (χ4n) is 4.59. The number of aliphatic hydroxyl groups excluding tert-OH is 2. The molecule has 15 nitrogen and oxygen atoms in total. The van der Waals surface area contributed by atoms with Crippen LogP contribution in [0, 0.1) is 27.7 Å². The first kappa shape index (κ1) is 59.2. The minimum Gasteiger partial charge on any atom is -0.503 e. The van der Waals surface area contributed by atoms with Gasteiger partial charge in [0.15, 0.2) is 23.0 Å². The van der Waals surface area contributed by atoms with Crippen molar-refractivity contribution in [3.05, 3.63) is 111 Å². The number of nitrogens with zero attached hydrogens (tertiary/aromatic N) is 4. The number of aromatic nitrogens is 4. The predicted octanol–water partition coefficient (Wildman–Crippen LogP) is 5.95. The smallest absolute Gasteiger partial charge is 0.229 e. The van der Waals surface area contributed by atoms with Gasteiger partial charge in [0.05, 0.1) is 40.4 Å². The highest BCUT2D eigenvalue weighted by Gasteiger charge is 2.17. The van der Waals surface area contributed by atoms with E-state index in [0.29, 0.717) is 33.9 Å². The summed E-state index contributed by atoms with van der Waals surface area (Å²) in [5.74, 6) is -0.981. The maximum absolute atomic E-state index is 11.8. The molecule has 4 unspecified atom stereocenters. The molecule has 326 valence electrons. The lowest BCUT2D eigenvalue weighted by Gasteiger charge is -2.21. The van der Waals surface area contributed by atoms with Gasteiger partial charge in [-0.25, -0.2) is 0 Å². The van der Waals surface area contributed by atoms with E-state index in [9.17, 15) is 44.7 Å². The van der Waals surface area contributed by atoms with E-state index in [0.717, 1.165) is 0 Å². The third-order valence-electron chi connectivity index (χ3n) is 8.88. The van der Waals surface area contributed by atoms with E-state index in [-0.39, 0.29) is 91.1 Å². The maximum atomic E-state index is 11.8. The summed E-state index contributed by atoms with van der Waals surface area (Å²) in [6.07, 6.45) is 4.65. The van der Waals surface area contributed by atoms with Gasteiger partial charge < -0.3 is 54.2 Å². The van der Waals surface area contributed by atoms with Gasteiger partial charge in [-0.05, 0) is 69.5 Å². The van der Waals surface area contributed by atoms with E-state index in [4.69, 9.17) is 16.7 Å². The van der Waals surface area contributed by atoms with E-state index in [1.807, 2.05) is 33.0 Å². The highest BCUT2D eigenvalue weighted by molar-refractivity contribution is 6.20. The number of aromatic amines is 1. The third-order valence-corrected chi connectivity index (χ3v) is 9.11. The van der Waals surface area contributed by atoms with Gasteiger partial charge in [-0.3, -0.25) is 19.2 Å². The third kappa shape index (κ3) is 14.7. The van der Waals surface area contributed by atoms with Crippen molar-refractivity contribution in [3.63, 3.8) is 0 Å². The van der Waals surface area contributed by atoms with Crippen molar-refractivity contribution in [2.24, 2.45) is 21.1 Å². The standard InChI is InChI=1S/C11H18N2O2.C9H12ClNO2.C9H13NO3.C8H11NO3.3CH4.ClH/c1-7(12(3)4)9-6-13(5)8(2)10(14)11(9)15;1-5(10)7-4-11(3)6(2)8(12)9(7)13;1-5-8(12)9(13)7(6(2)11)4-10(5)3;1-4-7(11)8(12)6(3-9-4)5(2)10;;;;/h6-7,14H,1-5H3;4-5,12H,1-3H3;4,6,11-12H,1-3H3;3,5,10-11H,1-2H3,(H,9,12);3*1H4;1H. The molecule has 0 aliphatic carbocycles. The number of aromatic hydroxyl groups is 4. The largest absolute Gasteiger partial charge is 0.503 e. The minimum atomic E-state index is -0.861. The molecule has 4 aromatic rings. The molecule has 0 bridgehead atoms. The van der Waals surface area contributed by atoms with Crippen molar-refractivity contribution in [3.8, 4) is 23.0 Å². The first-order valence-electron chi connectivity index (χ1n) is 16.5. The number of aliphatic hydroxyl groups is 2. The van der Waals surface area contributed by atoms with Crippen LogP contribution in [0.25, 0.3) is 0 Å². The molecule has 4 heterocycles. The number of hydrogen-bond donors (Lipinski definition) is 7. The average Bonchev–Trinajstić information content (AvgIpc) is 3.09. The Bertz CT molecular complexity index is 2060. The molecule has 0 aliphatic heterocycles. The minimum absolute atomic E-state index is 0. The van der Waals surface area contributed by atoms with Gasteiger partial charge in [0.2, 0.25) is 21.7 Å². The highest BCUT2D eigenvalue weighted by atomic mass is 35.5. The molecule has 57 heavy (non-hydrogen) atoms. The number of halogens is 2. The second kappa shape index (κ2) is 25.0. The van der Waals surface area contributed by atoms with E-state index >= 15 is 0 Å². The van der Waals surface area contributed by atoms with Gasteiger partial charge in [-0.15, -0.1) is 24.0 Å². The number of rotatable bonds is 5. The van der Waals surface area contributed by atoms with Crippen molar-refractivity contribution in [1.29, 1.82) is 0 Å². The Morgan fingerprint density at radius 2 is 0.877 bits per heavy atom. The average molecular weight is 849 g/mol. The summed E-state index contributed by atoms with van der Waals surface area (Å²) in [6, 6.07) is -0.00444. The molecule has 0 saturated heterocycles. The topological polar surface area (TPSA) is 223 Å². The van der Waals surface area contributed by atoms with E-state index in [1.165, 1.54) is 26.2 Å². The number of alkyl halides is 1. The summed E-state index contributed by atoms with van der Waals surface area (Å²) in [5, 5.41) is 55.5. The zero-order valence-electron chi connectivity index (χ0n) is 33.0. The molecular weight excluding hydrogens is 781 g/mol. The molecule has 0 saturated carbocycles. The molecule has 4 aromatic heterocycles. The van der Waals surface area contributed by atoms with Crippen LogP contribution in [-0.4, -0.2) is 68.3 Å². The molecule has 0 spiro atoms. The monoisotopic (exact) mass is 847 g/mol. The molecule has 4 atom stereocenters. The first-order chi connectivity index (χ1) is 24.3. The quantitative estimate of drug-likeness (QED) is 0.116. The normalized spacial score (nSPS) is 12.1. The van der Waals surface area contributed by atoms with Gasteiger partial charge >= 0.3 is 0 Å². The van der Waals surface area contributed by atoms with Crippen LogP contribution >= 0.6 is 24.0 Å². The highest BCUT2D eigenvalue weighted by Crippen LogP contribution is 2.20. The summed E-state index contributed by atoms with van der Waals surface area (Å²) in [6.45, 7) is 13.2. The molecule has 17 heteroatoms. The zero-order valence-corrected chi connectivity index (χ0v) is 34.6. The Labute approximate surface area is 347 Å². The van der Waals surface area contributed by atoms with Gasteiger partial charge in [0, 0.05) is 74.2 Å². The van der Waals surface area contributed by atoms with Crippen molar-refractivity contribution >= 4 is 24.0 Å². The fraction of sp³-hybridized carbons (Fsp3) is 0.500. The van der Waals surface area contributed by atoms with Crippen molar-refractivity contribution in [2.45, 2.75) is 101 Å². The van der Waals surface area contributed by atoms with Crippen molar-refractivity contribution in [1.82, 2.24) is 23.6 Å². The van der Waals surface area contributed by atoms with Crippen LogP contribution in [0.2, 0.25) is 0 Å². The first-order valence-corrected chi connectivity index (χ1v) is 17.0. The predicted molar refractivity (Wildman–Crippen MR) is 233 cm³/mol. The molecule has 4 rings (SSSR count). The summed E-state index contributed by atoms with van der Waals surface area (Å²) < 4.78 is 5.07. The number of H-pyrrole nitrogens is 1. The molecular formula is C40H67Cl2N5O10. The Morgan fingerprint density at radius 3 is 1.21 bits per heavy atom. The summed E-state index contributed by atoms with van der Waals surface area (Å²) in [7, 11) is 9.10. The Hall–Kier alpha value is -4.54. The number of hydrogen-bond acceptors (Lipinski definition) is 11. The Kier molecular flexibility index (Phi) is 25.9. The second-order valence-electron chi connectivity index (χ2n) is 13.0. The lowest BCUT2D eigenvalue weighted by molar-refractivity contribution is 0.196. The lowest BCUT2D eigenvalue weighted by Crippen LogP contribution is -2.25. The van der Waals surface area contributed by atoms with E-state index in [1.54, 1.807) is 74.8 Å². The fourth-order valence-corrected chi connectivity index (χ4v) is 4.75. The van der Waals surface area contributed by atoms with Gasteiger partial charge in [0.1, 0.15) is 0 Å². The van der Waals surface area contributed by atoms with Gasteiger partial charge in [0.25, 0.3) is 0 Å². The number of aryl methyl sites for hydroxylation is 4. The van der Waals surface area contributed by atoms with Crippen LogP contribution in [0.3, 0.4) is 0 Å². The molecule has 7 N–H and O–H groups in total. The number of pyridine rings is 4. The van der Waals surface area contributed by atoms with Crippen LogP contribution < -0.4 is 21.7 Å². The van der Waals surface area contributed by atoms with Crippen LogP contribution in [0.4, 0.5) is 0 Å². The molecule has 0 aliphatic rings. The summed E-state index contributed by atoms with van der Waals surface area (Å²) in [4.78, 5) is 50.4. The van der Waals surface area contributed by atoms with Crippen LogP contribution in [0.5, 0.6) is 23.0 Å². The van der Waals surface area contributed by atoms with E-state index in [2.05, 4.69) is 4.98 Å². The summed E-state index contributed by atoms with van der Waals surface area (Å²) >= 11 is 5.78. The van der Waals surface area contributed by atoms with Crippen molar-refractivity contribution < 1.29 is 30.6 Å². The van der Waals surface area contributed by atoms with E-state index < -0.39 is 23.1 Å². The molecule has 0 fully saturated rings. The molecule has 0 amide bonds. The molecule has 0 aromatic carbocycles. The van der Waals surface area contributed by atoms with Crippen LogP contribution in [0.1, 0.15) is 119 Å². The Morgan fingerprint density at radius 1 is 0.579 bits per heavy atom. The maximum Gasteiger partial charge on any atom is 0.229 e. The van der Waals surface area contributed by atoms with Crippen LogP contribution in [0.15, 0.2) is 44.0 Å². The SMILES string of the molecule is C.C.C.Cc1[nH]cc(C(C)O)c(=O)c1O.Cc1c(O)c(=O)c(C(C)Cl)cn1C.Cc1c(O)c(=O)c(C(C)N(C)C)cn1C.Cc1c(O)c(=O)c(C(C)O)cn1C.Cl. The zero-order chi connectivity index (χ0) is 41.4. The Balaban J connectivity index is -0.000000322. The molecule has 0 radical (unpaired) electrons. The number of nitrogens with one attached hydrogen (secondary N) is 1. The van der Waals surface area contributed by atoms with Crippen LogP contribution in [-0.2, 0) is 21.1 Å². The lowest BCUT2D eigenvalue weighted by atomic mass is 10.1. The van der Waals surface area contributed by atoms with Crippen molar-refractivity contribution in [2.75, 3.05) is 14.1 Å². The summed E-state index contributed by atoms with van der Waals surface area (Å²) in [5.41, 5.74) is 1.82. The van der Waals surface area contributed by atoms with Gasteiger partial charge in [-0.2, -0.15) is 0 Å². The van der Waals surface area contributed by atoms with Gasteiger partial charge in [-0.1, -0.05) is 22.3 Å².